The van der Waals surface area contributed by atoms with Crippen molar-refractivity contribution in [2.24, 2.45) is 0 Å². The molecule has 1 fully saturated rings. The fourth-order valence-corrected chi connectivity index (χ4v) is 3.19. The van der Waals surface area contributed by atoms with E-state index in [-0.39, 0.29) is 11.9 Å². The summed E-state index contributed by atoms with van der Waals surface area (Å²) in [6.45, 7) is 1.59. The standard InChI is InChI=1S/C15H18FN9/c16-12-2-1-10(7-19-12)11-8-25(18)23-14(11)24-5-3-9(4-6-24)13-20-15(17)22-21-13/h1-2,7-9H,3-6,18H2,(H3,17,20,21,22). The van der Waals surface area contributed by atoms with Gasteiger partial charge in [-0.2, -0.15) is 14.2 Å². The molecule has 9 nitrogen and oxygen atoms in total. The van der Waals surface area contributed by atoms with Crippen LogP contribution >= 0.6 is 0 Å². The Morgan fingerprint density at radius 2 is 2.04 bits per heavy atom. The van der Waals surface area contributed by atoms with E-state index in [0.717, 1.165) is 48.7 Å². The van der Waals surface area contributed by atoms with Gasteiger partial charge in [-0.1, -0.05) is 0 Å². The van der Waals surface area contributed by atoms with Gasteiger partial charge in [-0.05, 0) is 25.0 Å². The van der Waals surface area contributed by atoms with Gasteiger partial charge in [0.25, 0.3) is 0 Å². The van der Waals surface area contributed by atoms with Crippen LogP contribution < -0.4 is 16.5 Å². The molecule has 1 aliphatic rings. The van der Waals surface area contributed by atoms with Gasteiger partial charge in [-0.15, -0.1) is 10.2 Å². The third-order valence-corrected chi connectivity index (χ3v) is 4.45. The number of pyridine rings is 1. The van der Waals surface area contributed by atoms with Crippen molar-refractivity contribution in [1.29, 1.82) is 0 Å². The maximum atomic E-state index is 13.1. The van der Waals surface area contributed by atoms with Crippen LogP contribution in [0.4, 0.5) is 16.2 Å². The molecular weight excluding hydrogens is 325 g/mol. The number of nitrogens with two attached hydrogens (primary N) is 2. The van der Waals surface area contributed by atoms with E-state index in [1.54, 1.807) is 12.3 Å². The summed E-state index contributed by atoms with van der Waals surface area (Å²) < 4.78 is 13.1. The van der Waals surface area contributed by atoms with E-state index < -0.39 is 5.95 Å². The third kappa shape index (κ3) is 2.97. The van der Waals surface area contributed by atoms with E-state index in [4.69, 9.17) is 11.6 Å². The first-order valence-electron chi connectivity index (χ1n) is 7.99. The average molecular weight is 343 g/mol. The average Bonchev–Trinajstić information content (AvgIpc) is 3.22. The van der Waals surface area contributed by atoms with E-state index in [1.807, 2.05) is 0 Å². The van der Waals surface area contributed by atoms with Gasteiger partial charge in [0, 0.05) is 36.3 Å². The SMILES string of the molecule is Nc1n[nH]c(C2CCN(c3nn(N)cc3-c3ccc(F)nc3)CC2)n1. The van der Waals surface area contributed by atoms with E-state index in [2.05, 4.69) is 30.2 Å². The first-order valence-corrected chi connectivity index (χ1v) is 7.99. The van der Waals surface area contributed by atoms with Crippen LogP contribution in [0, 0.1) is 5.95 Å². The lowest BCUT2D eigenvalue weighted by Gasteiger charge is -2.31. The highest BCUT2D eigenvalue weighted by atomic mass is 19.1. The normalized spacial score (nSPS) is 15.6. The van der Waals surface area contributed by atoms with Crippen LogP contribution in [-0.4, -0.2) is 43.1 Å². The molecule has 10 heteroatoms. The summed E-state index contributed by atoms with van der Waals surface area (Å²) in [4.78, 5) is 11.4. The molecule has 130 valence electrons. The lowest BCUT2D eigenvalue weighted by molar-refractivity contribution is 0.484. The molecule has 4 rings (SSSR count). The molecular formula is C15H18FN9. The van der Waals surface area contributed by atoms with Gasteiger partial charge in [0.2, 0.25) is 11.9 Å². The second-order valence-electron chi connectivity index (χ2n) is 6.06. The summed E-state index contributed by atoms with van der Waals surface area (Å²) in [6, 6.07) is 3.00. The Kier molecular flexibility index (Phi) is 3.71. The highest BCUT2D eigenvalue weighted by Gasteiger charge is 2.26. The van der Waals surface area contributed by atoms with Gasteiger partial charge in [0.1, 0.15) is 5.82 Å². The Balaban J connectivity index is 1.54. The Hall–Kier alpha value is -3.17. The summed E-state index contributed by atoms with van der Waals surface area (Å²) >= 11 is 0. The molecule has 0 amide bonds. The van der Waals surface area contributed by atoms with Crippen molar-refractivity contribution < 1.29 is 4.39 Å². The number of aromatic amines is 1. The van der Waals surface area contributed by atoms with Gasteiger partial charge in [-0.3, -0.25) is 5.10 Å². The van der Waals surface area contributed by atoms with Crippen LogP contribution in [0.5, 0.6) is 0 Å². The second-order valence-corrected chi connectivity index (χ2v) is 6.06. The van der Waals surface area contributed by atoms with Crippen molar-refractivity contribution in [2.75, 3.05) is 29.6 Å². The van der Waals surface area contributed by atoms with Gasteiger partial charge < -0.3 is 16.5 Å². The topological polar surface area (TPSA) is 128 Å². The number of rotatable bonds is 3. The molecule has 0 atom stereocenters. The van der Waals surface area contributed by atoms with Crippen molar-refractivity contribution >= 4 is 11.8 Å². The molecule has 3 aromatic rings. The first kappa shape index (κ1) is 15.4. The molecule has 0 unspecified atom stereocenters. The Bertz CT molecular complexity index is 862. The number of halogens is 1. The van der Waals surface area contributed by atoms with E-state index in [1.165, 1.54) is 17.1 Å². The minimum absolute atomic E-state index is 0.269. The monoisotopic (exact) mass is 343 g/mol. The summed E-state index contributed by atoms with van der Waals surface area (Å²) in [5.41, 5.74) is 7.19. The lowest BCUT2D eigenvalue weighted by Crippen LogP contribution is -2.34. The van der Waals surface area contributed by atoms with Crippen molar-refractivity contribution in [1.82, 2.24) is 30.1 Å². The minimum Gasteiger partial charge on any atom is -0.367 e. The zero-order valence-corrected chi connectivity index (χ0v) is 13.4. The molecule has 0 bridgehead atoms. The maximum absolute atomic E-state index is 13.1. The Morgan fingerprint density at radius 3 is 2.68 bits per heavy atom. The first-order chi connectivity index (χ1) is 12.1. The van der Waals surface area contributed by atoms with Gasteiger partial charge in [0.05, 0.1) is 6.20 Å². The predicted molar refractivity (Wildman–Crippen MR) is 90.5 cm³/mol. The molecule has 4 heterocycles. The van der Waals surface area contributed by atoms with Gasteiger partial charge in [0.15, 0.2) is 5.82 Å². The predicted octanol–water partition coefficient (Wildman–Crippen LogP) is 0.882. The number of hydrogen-bond acceptors (Lipinski definition) is 7. The summed E-state index contributed by atoms with van der Waals surface area (Å²) in [7, 11) is 0. The maximum Gasteiger partial charge on any atom is 0.239 e. The summed E-state index contributed by atoms with van der Waals surface area (Å²) in [5, 5.41) is 11.2. The largest absolute Gasteiger partial charge is 0.367 e. The molecule has 0 aromatic carbocycles. The minimum atomic E-state index is -0.516. The Labute approximate surface area is 142 Å². The molecule has 5 N–H and O–H groups in total. The molecule has 3 aromatic heterocycles. The fourth-order valence-electron chi connectivity index (χ4n) is 3.19. The van der Waals surface area contributed by atoms with E-state index >= 15 is 0 Å². The van der Waals surface area contributed by atoms with Crippen LogP contribution in [0.2, 0.25) is 0 Å². The number of nitrogens with one attached hydrogen (secondary N) is 1. The van der Waals surface area contributed by atoms with Crippen LogP contribution in [-0.2, 0) is 0 Å². The summed E-state index contributed by atoms with van der Waals surface area (Å²) in [6.07, 6.45) is 4.99. The summed E-state index contributed by atoms with van der Waals surface area (Å²) in [5.74, 6) is 7.46. The van der Waals surface area contributed by atoms with Crippen LogP contribution in [0.3, 0.4) is 0 Å². The van der Waals surface area contributed by atoms with Crippen molar-refractivity contribution in [2.45, 2.75) is 18.8 Å². The Morgan fingerprint density at radius 1 is 1.24 bits per heavy atom. The number of H-pyrrole nitrogens is 1. The molecule has 0 radical (unpaired) electrons. The zero-order chi connectivity index (χ0) is 17.4. The van der Waals surface area contributed by atoms with Crippen molar-refractivity contribution in [3.8, 4) is 11.1 Å². The number of nitrogen functional groups attached to an aromatic ring is 2. The number of anilines is 2. The van der Waals surface area contributed by atoms with Crippen LogP contribution in [0.25, 0.3) is 11.1 Å². The third-order valence-electron chi connectivity index (χ3n) is 4.45. The zero-order valence-electron chi connectivity index (χ0n) is 13.4. The van der Waals surface area contributed by atoms with Gasteiger partial charge in [-0.25, -0.2) is 4.98 Å². The number of nitrogens with zero attached hydrogens (tertiary/aromatic N) is 6. The van der Waals surface area contributed by atoms with E-state index in [9.17, 15) is 4.39 Å². The molecule has 1 saturated heterocycles. The highest BCUT2D eigenvalue weighted by Crippen LogP contribution is 2.33. The number of piperidine rings is 1. The lowest BCUT2D eigenvalue weighted by atomic mass is 9.96. The number of hydrogen-bond donors (Lipinski definition) is 3. The number of aromatic nitrogens is 6. The fraction of sp³-hybridized carbons (Fsp3) is 0.333. The molecule has 1 aliphatic heterocycles. The molecule has 25 heavy (non-hydrogen) atoms. The molecule has 0 saturated carbocycles. The van der Waals surface area contributed by atoms with E-state index in [0.29, 0.717) is 0 Å². The highest BCUT2D eigenvalue weighted by molar-refractivity contribution is 5.75. The van der Waals surface area contributed by atoms with Crippen molar-refractivity contribution in [3.05, 3.63) is 36.3 Å². The molecule has 0 spiro atoms. The van der Waals surface area contributed by atoms with Crippen LogP contribution in [0.15, 0.2) is 24.5 Å². The van der Waals surface area contributed by atoms with Crippen LogP contribution in [0.1, 0.15) is 24.6 Å². The second kappa shape index (κ2) is 6.04. The molecule has 0 aliphatic carbocycles. The smallest absolute Gasteiger partial charge is 0.239 e. The van der Waals surface area contributed by atoms with Crippen molar-refractivity contribution in [3.63, 3.8) is 0 Å². The van der Waals surface area contributed by atoms with Gasteiger partial charge >= 0.3 is 0 Å². The quantitative estimate of drug-likeness (QED) is 0.476.